The molecule has 0 radical (unpaired) electrons. The maximum absolute atomic E-state index is 13.1. The molecular weight excluding hydrogens is 313 g/mol. The Labute approximate surface area is 118 Å². The number of carbonyl (C=O) groups excluding carboxylic acids is 1. The van der Waals surface area contributed by atoms with Crippen LogP contribution in [-0.2, 0) is 11.3 Å². The molecule has 0 aliphatic carbocycles. The fraction of sp³-hybridized carbons (Fsp3) is 0.0714. The quantitative estimate of drug-likeness (QED) is 0.694. The molecule has 0 amide bonds. The zero-order chi connectivity index (χ0) is 13.8. The van der Waals surface area contributed by atoms with Crippen LogP contribution in [0.1, 0.15) is 15.9 Å². The molecule has 0 atom stereocenters. The lowest BCUT2D eigenvalue weighted by Gasteiger charge is -2.07. The molecule has 3 nitrogen and oxygen atoms in total. The standard InChI is InChI=1S/C14H11BrFNO2/c15-13-4-2-1-3-9(13)8-19-14(18)10-5-11(16)7-12(17)6-10/h1-7H,8,17H2. The number of anilines is 1. The van der Waals surface area contributed by atoms with Crippen LogP contribution >= 0.6 is 15.9 Å². The highest BCUT2D eigenvalue weighted by Crippen LogP contribution is 2.18. The molecule has 0 fully saturated rings. The SMILES string of the molecule is Nc1cc(F)cc(C(=O)OCc2ccccc2Br)c1. The Hall–Kier alpha value is -1.88. The molecule has 2 aromatic carbocycles. The number of benzene rings is 2. The summed E-state index contributed by atoms with van der Waals surface area (Å²) in [5.41, 5.74) is 6.60. The van der Waals surface area contributed by atoms with Crippen LogP contribution in [0.5, 0.6) is 0 Å². The van der Waals surface area contributed by atoms with Crippen molar-refractivity contribution in [3.8, 4) is 0 Å². The lowest BCUT2D eigenvalue weighted by molar-refractivity contribution is 0.0471. The van der Waals surface area contributed by atoms with Gasteiger partial charge < -0.3 is 10.5 Å². The van der Waals surface area contributed by atoms with Crippen LogP contribution in [0.2, 0.25) is 0 Å². The van der Waals surface area contributed by atoms with E-state index in [1.807, 2.05) is 24.3 Å². The maximum Gasteiger partial charge on any atom is 0.338 e. The zero-order valence-electron chi connectivity index (χ0n) is 9.90. The van der Waals surface area contributed by atoms with E-state index in [1.54, 1.807) is 0 Å². The van der Waals surface area contributed by atoms with Crippen molar-refractivity contribution in [3.05, 3.63) is 63.9 Å². The summed E-state index contributed by atoms with van der Waals surface area (Å²) in [5.74, 6) is -1.17. The van der Waals surface area contributed by atoms with Crippen molar-refractivity contribution in [3.63, 3.8) is 0 Å². The highest BCUT2D eigenvalue weighted by Gasteiger charge is 2.10. The lowest BCUT2D eigenvalue weighted by atomic mass is 10.2. The summed E-state index contributed by atoms with van der Waals surface area (Å²) >= 11 is 3.35. The summed E-state index contributed by atoms with van der Waals surface area (Å²) < 4.78 is 19.1. The Bertz CT molecular complexity index is 596. The van der Waals surface area contributed by atoms with Gasteiger partial charge in [0.1, 0.15) is 12.4 Å². The molecule has 0 heterocycles. The second-order valence-electron chi connectivity index (χ2n) is 3.94. The normalized spacial score (nSPS) is 10.2. The van der Waals surface area contributed by atoms with E-state index in [2.05, 4.69) is 15.9 Å². The first-order valence-corrected chi connectivity index (χ1v) is 6.32. The van der Waals surface area contributed by atoms with Gasteiger partial charge in [0, 0.05) is 15.7 Å². The first-order valence-electron chi connectivity index (χ1n) is 5.53. The second-order valence-corrected chi connectivity index (χ2v) is 4.80. The van der Waals surface area contributed by atoms with Crippen LogP contribution < -0.4 is 5.73 Å². The van der Waals surface area contributed by atoms with E-state index >= 15 is 0 Å². The van der Waals surface area contributed by atoms with Crippen molar-refractivity contribution in [2.24, 2.45) is 0 Å². The molecule has 5 heteroatoms. The molecule has 0 saturated carbocycles. The van der Waals surface area contributed by atoms with Gasteiger partial charge in [0.05, 0.1) is 5.56 Å². The molecule has 0 aliphatic rings. The number of carbonyl (C=O) groups is 1. The molecule has 0 saturated heterocycles. The van der Waals surface area contributed by atoms with Gasteiger partial charge >= 0.3 is 5.97 Å². The number of rotatable bonds is 3. The summed E-state index contributed by atoms with van der Waals surface area (Å²) in [6.07, 6.45) is 0. The van der Waals surface area contributed by atoms with E-state index in [1.165, 1.54) is 6.07 Å². The van der Waals surface area contributed by atoms with Crippen LogP contribution in [0.25, 0.3) is 0 Å². The molecule has 0 unspecified atom stereocenters. The van der Waals surface area contributed by atoms with E-state index in [0.29, 0.717) is 0 Å². The fourth-order valence-corrected chi connectivity index (χ4v) is 1.97. The van der Waals surface area contributed by atoms with Crippen LogP contribution in [-0.4, -0.2) is 5.97 Å². The minimum Gasteiger partial charge on any atom is -0.457 e. The number of nitrogens with two attached hydrogens (primary N) is 1. The van der Waals surface area contributed by atoms with Gasteiger partial charge in [0.2, 0.25) is 0 Å². The summed E-state index contributed by atoms with van der Waals surface area (Å²) in [7, 11) is 0. The van der Waals surface area contributed by atoms with Crippen LogP contribution in [0.15, 0.2) is 46.9 Å². The van der Waals surface area contributed by atoms with Gasteiger partial charge in [0.15, 0.2) is 0 Å². The van der Waals surface area contributed by atoms with Crippen LogP contribution in [0, 0.1) is 5.82 Å². The summed E-state index contributed by atoms with van der Waals surface area (Å²) in [6.45, 7) is 0.108. The summed E-state index contributed by atoms with van der Waals surface area (Å²) in [5, 5.41) is 0. The molecule has 0 aliphatic heterocycles. The van der Waals surface area contributed by atoms with E-state index in [0.717, 1.165) is 22.2 Å². The third-order valence-electron chi connectivity index (χ3n) is 2.47. The maximum atomic E-state index is 13.1. The van der Waals surface area contributed by atoms with Crippen LogP contribution in [0.3, 0.4) is 0 Å². The Kier molecular flexibility index (Phi) is 4.16. The first kappa shape index (κ1) is 13.5. The third-order valence-corrected chi connectivity index (χ3v) is 3.25. The lowest BCUT2D eigenvalue weighted by Crippen LogP contribution is -2.06. The molecule has 0 aromatic heterocycles. The van der Waals surface area contributed by atoms with Gasteiger partial charge in [-0.3, -0.25) is 0 Å². The van der Waals surface area contributed by atoms with Gasteiger partial charge in [-0.25, -0.2) is 9.18 Å². The predicted molar refractivity (Wildman–Crippen MR) is 74.1 cm³/mol. The molecule has 2 rings (SSSR count). The Balaban J connectivity index is 2.08. The van der Waals surface area contributed by atoms with Crippen molar-refractivity contribution in [2.45, 2.75) is 6.61 Å². The van der Waals surface area contributed by atoms with E-state index in [-0.39, 0.29) is 17.9 Å². The highest BCUT2D eigenvalue weighted by molar-refractivity contribution is 9.10. The van der Waals surface area contributed by atoms with E-state index < -0.39 is 11.8 Å². The van der Waals surface area contributed by atoms with Crippen molar-refractivity contribution in [1.82, 2.24) is 0 Å². The molecule has 19 heavy (non-hydrogen) atoms. The monoisotopic (exact) mass is 323 g/mol. The van der Waals surface area contributed by atoms with E-state index in [4.69, 9.17) is 10.5 Å². The van der Waals surface area contributed by atoms with Crippen molar-refractivity contribution in [2.75, 3.05) is 5.73 Å². The van der Waals surface area contributed by atoms with Gasteiger partial charge in [-0.1, -0.05) is 34.1 Å². The van der Waals surface area contributed by atoms with Gasteiger partial charge in [-0.2, -0.15) is 0 Å². The Morgan fingerprint density at radius 1 is 1.26 bits per heavy atom. The van der Waals surface area contributed by atoms with Gasteiger partial charge in [0.25, 0.3) is 0 Å². The smallest absolute Gasteiger partial charge is 0.338 e. The first-order chi connectivity index (χ1) is 9.06. The highest BCUT2D eigenvalue weighted by atomic mass is 79.9. The largest absolute Gasteiger partial charge is 0.457 e. The molecular formula is C14H11BrFNO2. The number of halogens is 2. The van der Waals surface area contributed by atoms with Gasteiger partial charge in [-0.15, -0.1) is 0 Å². The number of ether oxygens (including phenoxy) is 1. The number of hydrogen-bond acceptors (Lipinski definition) is 3. The van der Waals surface area contributed by atoms with Crippen molar-refractivity contribution >= 4 is 27.6 Å². The van der Waals surface area contributed by atoms with Crippen molar-refractivity contribution in [1.29, 1.82) is 0 Å². The molecule has 2 aromatic rings. The Morgan fingerprint density at radius 3 is 2.68 bits per heavy atom. The minimum absolute atomic E-state index is 0.101. The average Bonchev–Trinajstić information content (AvgIpc) is 2.36. The number of esters is 1. The molecule has 98 valence electrons. The fourth-order valence-electron chi connectivity index (χ4n) is 1.57. The third kappa shape index (κ3) is 3.54. The molecule has 0 bridgehead atoms. The second kappa shape index (κ2) is 5.84. The van der Waals surface area contributed by atoms with Crippen molar-refractivity contribution < 1.29 is 13.9 Å². The summed E-state index contributed by atoms with van der Waals surface area (Å²) in [4.78, 5) is 11.8. The van der Waals surface area contributed by atoms with E-state index in [9.17, 15) is 9.18 Å². The zero-order valence-corrected chi connectivity index (χ0v) is 11.5. The molecule has 0 spiro atoms. The number of hydrogen-bond donors (Lipinski definition) is 1. The topological polar surface area (TPSA) is 52.3 Å². The minimum atomic E-state index is -0.609. The van der Waals surface area contributed by atoms with Crippen LogP contribution in [0.4, 0.5) is 10.1 Å². The average molecular weight is 324 g/mol. The molecule has 2 N–H and O–H groups in total. The summed E-state index contributed by atoms with van der Waals surface area (Å²) in [6, 6.07) is 11.0. The van der Waals surface area contributed by atoms with Gasteiger partial charge in [-0.05, 0) is 24.3 Å². The predicted octanol–water partition coefficient (Wildman–Crippen LogP) is 3.53. The number of nitrogen functional groups attached to an aromatic ring is 1. The Morgan fingerprint density at radius 2 is 2.00 bits per heavy atom.